The fraction of sp³-hybridized carbons (Fsp3) is 0.381. The van der Waals surface area contributed by atoms with Crippen LogP contribution in [0.2, 0.25) is 0 Å². The molecule has 0 amide bonds. The van der Waals surface area contributed by atoms with Crippen LogP contribution in [-0.4, -0.2) is 55.6 Å². The van der Waals surface area contributed by atoms with Gasteiger partial charge in [0.25, 0.3) is 0 Å². The zero-order chi connectivity index (χ0) is 20.6. The molecule has 7 nitrogen and oxygen atoms in total. The molecular formula is C21H27FIN3O4. The molecule has 2 aromatic carbocycles. The molecule has 0 aromatic heterocycles. The number of fused-ring (bicyclic) bond motifs is 1. The molecule has 1 unspecified atom stereocenters. The topological polar surface area (TPSA) is 75.6 Å². The summed E-state index contributed by atoms with van der Waals surface area (Å²) < 4.78 is 29.1. The van der Waals surface area contributed by atoms with Crippen LogP contribution in [0.3, 0.4) is 0 Å². The highest BCUT2D eigenvalue weighted by molar-refractivity contribution is 14.0. The molecule has 9 heteroatoms. The second kappa shape index (κ2) is 11.8. The Hall–Kier alpha value is -2.27. The van der Waals surface area contributed by atoms with Crippen molar-refractivity contribution in [1.82, 2.24) is 10.2 Å². The maximum atomic E-state index is 12.9. The van der Waals surface area contributed by atoms with Crippen LogP contribution in [0.25, 0.3) is 0 Å². The Bertz CT molecular complexity index is 836. The molecule has 0 fully saturated rings. The number of hydrogen-bond acceptors (Lipinski definition) is 5. The van der Waals surface area contributed by atoms with Gasteiger partial charge in [0.15, 0.2) is 17.5 Å². The van der Waals surface area contributed by atoms with Crippen LogP contribution in [-0.2, 0) is 6.54 Å². The van der Waals surface area contributed by atoms with Gasteiger partial charge in [-0.25, -0.2) is 4.39 Å². The smallest absolute Gasteiger partial charge is 0.231 e. The number of rotatable bonds is 8. The molecule has 1 aliphatic rings. The van der Waals surface area contributed by atoms with Gasteiger partial charge in [0.2, 0.25) is 6.79 Å². The summed E-state index contributed by atoms with van der Waals surface area (Å²) in [4.78, 5) is 6.46. The van der Waals surface area contributed by atoms with Crippen molar-refractivity contribution < 1.29 is 23.7 Å². The van der Waals surface area contributed by atoms with Crippen LogP contribution >= 0.6 is 24.0 Å². The first kappa shape index (κ1) is 24.0. The number of nitrogens with zero attached hydrogens (tertiary/aromatic N) is 2. The van der Waals surface area contributed by atoms with E-state index in [1.54, 1.807) is 0 Å². The number of ether oxygens (including phenoxy) is 3. The highest BCUT2D eigenvalue weighted by atomic mass is 127. The molecular weight excluding hydrogens is 504 g/mol. The number of nitrogens with one attached hydrogen (secondary N) is 1. The Morgan fingerprint density at radius 3 is 2.70 bits per heavy atom. The standard InChI is InChI=1S/C21H26FN3O4.HI/c1-3-23-21(24-11-17(26)13-27-18-7-5-16(22)6-8-18)25(2)12-15-4-9-19-20(10-15)29-14-28-19;/h4-10,17,26H,3,11-14H2,1-2H3,(H,23,24);1H. The van der Waals surface area contributed by atoms with E-state index >= 15 is 0 Å². The highest BCUT2D eigenvalue weighted by Gasteiger charge is 2.15. The number of hydrogen-bond donors (Lipinski definition) is 2. The summed E-state index contributed by atoms with van der Waals surface area (Å²) in [5.74, 6) is 2.34. The first-order valence-corrected chi connectivity index (χ1v) is 9.49. The molecule has 1 aliphatic heterocycles. The fourth-order valence-corrected chi connectivity index (χ4v) is 2.83. The molecule has 1 atom stereocenters. The molecule has 164 valence electrons. The molecule has 3 rings (SSSR count). The predicted octanol–water partition coefficient (Wildman–Crippen LogP) is 3.01. The third-order valence-corrected chi connectivity index (χ3v) is 4.26. The van der Waals surface area contributed by atoms with Gasteiger partial charge in [-0.15, -0.1) is 24.0 Å². The van der Waals surface area contributed by atoms with E-state index in [-0.39, 0.29) is 49.7 Å². The maximum Gasteiger partial charge on any atom is 0.231 e. The largest absolute Gasteiger partial charge is 0.491 e. The summed E-state index contributed by atoms with van der Waals surface area (Å²) in [5.41, 5.74) is 1.06. The van der Waals surface area contributed by atoms with Gasteiger partial charge in [0.05, 0.1) is 6.54 Å². The summed E-state index contributed by atoms with van der Waals surface area (Å²) in [6, 6.07) is 11.5. The van der Waals surface area contributed by atoms with Gasteiger partial charge in [0, 0.05) is 20.1 Å². The number of aliphatic imine (C=N–C) groups is 1. The van der Waals surface area contributed by atoms with E-state index in [0.717, 1.165) is 17.1 Å². The van der Waals surface area contributed by atoms with Gasteiger partial charge >= 0.3 is 0 Å². The van der Waals surface area contributed by atoms with Gasteiger partial charge < -0.3 is 29.5 Å². The van der Waals surface area contributed by atoms with E-state index in [9.17, 15) is 9.50 Å². The lowest BCUT2D eigenvalue weighted by Gasteiger charge is -2.23. The second-order valence-corrected chi connectivity index (χ2v) is 6.66. The summed E-state index contributed by atoms with van der Waals surface area (Å²) in [6.07, 6.45) is -0.785. The van der Waals surface area contributed by atoms with E-state index in [1.165, 1.54) is 24.3 Å². The molecule has 30 heavy (non-hydrogen) atoms. The summed E-state index contributed by atoms with van der Waals surface area (Å²) in [7, 11) is 1.92. The highest BCUT2D eigenvalue weighted by Crippen LogP contribution is 2.32. The fourth-order valence-electron chi connectivity index (χ4n) is 2.83. The Kier molecular flexibility index (Phi) is 9.44. The Labute approximate surface area is 192 Å². The van der Waals surface area contributed by atoms with Crippen molar-refractivity contribution in [2.24, 2.45) is 4.99 Å². The van der Waals surface area contributed by atoms with Crippen molar-refractivity contribution in [3.63, 3.8) is 0 Å². The number of halogens is 2. The predicted molar refractivity (Wildman–Crippen MR) is 123 cm³/mol. The van der Waals surface area contributed by atoms with Crippen molar-refractivity contribution in [2.45, 2.75) is 19.6 Å². The number of aliphatic hydroxyl groups excluding tert-OH is 1. The molecule has 2 N–H and O–H groups in total. The van der Waals surface area contributed by atoms with E-state index in [0.29, 0.717) is 24.8 Å². The minimum Gasteiger partial charge on any atom is -0.491 e. The number of guanidine groups is 1. The van der Waals surface area contributed by atoms with Gasteiger partial charge in [-0.2, -0.15) is 0 Å². The molecule has 1 heterocycles. The third-order valence-electron chi connectivity index (χ3n) is 4.26. The van der Waals surface area contributed by atoms with Crippen LogP contribution in [0.4, 0.5) is 4.39 Å². The van der Waals surface area contributed by atoms with Crippen molar-refractivity contribution in [3.8, 4) is 17.2 Å². The molecule has 0 radical (unpaired) electrons. The van der Waals surface area contributed by atoms with E-state index in [2.05, 4.69) is 10.3 Å². The van der Waals surface area contributed by atoms with Gasteiger partial charge in [0.1, 0.15) is 24.3 Å². The van der Waals surface area contributed by atoms with E-state index < -0.39 is 6.10 Å². The lowest BCUT2D eigenvalue weighted by atomic mass is 10.2. The third kappa shape index (κ3) is 6.91. The Morgan fingerprint density at radius 2 is 1.97 bits per heavy atom. The average molecular weight is 531 g/mol. The molecule has 0 spiro atoms. The molecule has 0 saturated carbocycles. The number of aliphatic hydroxyl groups is 1. The summed E-state index contributed by atoms with van der Waals surface area (Å²) in [5, 5.41) is 13.4. The molecule has 0 aliphatic carbocycles. The van der Waals surface area contributed by atoms with Crippen LogP contribution in [0, 0.1) is 5.82 Å². The number of benzene rings is 2. The quantitative estimate of drug-likeness (QED) is 0.310. The van der Waals surface area contributed by atoms with Gasteiger partial charge in [-0.05, 0) is 48.9 Å². The van der Waals surface area contributed by atoms with Crippen LogP contribution in [0.1, 0.15) is 12.5 Å². The minimum atomic E-state index is -0.785. The Morgan fingerprint density at radius 1 is 1.23 bits per heavy atom. The average Bonchev–Trinajstić information content (AvgIpc) is 3.18. The van der Waals surface area contributed by atoms with Crippen molar-refractivity contribution in [2.75, 3.05) is 33.5 Å². The maximum absolute atomic E-state index is 12.9. The molecule has 2 aromatic rings. The zero-order valence-electron chi connectivity index (χ0n) is 17.0. The lowest BCUT2D eigenvalue weighted by Crippen LogP contribution is -2.39. The first-order chi connectivity index (χ1) is 14.0. The van der Waals surface area contributed by atoms with Crippen molar-refractivity contribution >= 4 is 29.9 Å². The lowest BCUT2D eigenvalue weighted by molar-refractivity contribution is 0.114. The normalized spacial score (nSPS) is 13.4. The Balaban J connectivity index is 0.00000320. The van der Waals surface area contributed by atoms with Gasteiger partial charge in [-0.1, -0.05) is 6.07 Å². The van der Waals surface area contributed by atoms with Crippen LogP contribution < -0.4 is 19.5 Å². The SMILES string of the molecule is CCNC(=NCC(O)COc1ccc(F)cc1)N(C)Cc1ccc2c(c1)OCO2.I. The van der Waals surface area contributed by atoms with Crippen LogP contribution in [0.5, 0.6) is 17.2 Å². The first-order valence-electron chi connectivity index (χ1n) is 9.49. The van der Waals surface area contributed by atoms with E-state index in [4.69, 9.17) is 14.2 Å². The van der Waals surface area contributed by atoms with Crippen molar-refractivity contribution in [1.29, 1.82) is 0 Å². The van der Waals surface area contributed by atoms with E-state index in [1.807, 2.05) is 37.1 Å². The summed E-state index contributed by atoms with van der Waals surface area (Å²) in [6.45, 7) is 3.79. The minimum absolute atomic E-state index is 0. The summed E-state index contributed by atoms with van der Waals surface area (Å²) >= 11 is 0. The molecule has 0 saturated heterocycles. The van der Waals surface area contributed by atoms with Crippen molar-refractivity contribution in [3.05, 3.63) is 53.8 Å². The zero-order valence-corrected chi connectivity index (χ0v) is 19.3. The second-order valence-electron chi connectivity index (χ2n) is 6.66. The molecule has 0 bridgehead atoms. The van der Waals surface area contributed by atoms with Gasteiger partial charge in [-0.3, -0.25) is 4.99 Å². The monoisotopic (exact) mass is 531 g/mol. The van der Waals surface area contributed by atoms with Crippen LogP contribution in [0.15, 0.2) is 47.5 Å².